The minimum absolute atomic E-state index is 0.274. The predicted octanol–water partition coefficient (Wildman–Crippen LogP) is 4.93. The van der Waals surface area contributed by atoms with E-state index in [0.717, 1.165) is 21.0 Å². The number of hydrogen-bond donors (Lipinski definition) is 2. The molecule has 3 aromatic rings. The Balaban J connectivity index is 1.78. The van der Waals surface area contributed by atoms with Gasteiger partial charge in [-0.2, -0.15) is 13.2 Å². The Bertz CT molecular complexity index is 1040. The third-order valence-corrected chi connectivity index (χ3v) is 5.84. The van der Waals surface area contributed by atoms with Crippen LogP contribution in [0.3, 0.4) is 0 Å². The first-order chi connectivity index (χ1) is 15.0. The third kappa shape index (κ3) is 6.24. The molecule has 2 unspecified atom stereocenters. The zero-order valence-corrected chi connectivity index (χ0v) is 19.0. The lowest BCUT2D eigenvalue weighted by atomic mass is 10.1. The molecule has 3 rings (SSSR count). The van der Waals surface area contributed by atoms with Gasteiger partial charge in [0.25, 0.3) is 0 Å². The van der Waals surface area contributed by atoms with Gasteiger partial charge in [0.15, 0.2) is 0 Å². The maximum Gasteiger partial charge on any atom is 0.451 e. The number of aliphatic hydroxyl groups excluding tert-OH is 1. The van der Waals surface area contributed by atoms with Crippen molar-refractivity contribution in [1.82, 2.24) is 20.3 Å². The highest BCUT2D eigenvalue weighted by atomic mass is 32.1. The molecule has 0 fully saturated rings. The highest BCUT2D eigenvalue weighted by Crippen LogP contribution is 2.30. The van der Waals surface area contributed by atoms with Crippen molar-refractivity contribution in [2.75, 3.05) is 0 Å². The summed E-state index contributed by atoms with van der Waals surface area (Å²) in [6, 6.07) is 5.46. The largest absolute Gasteiger partial charge is 0.488 e. The lowest BCUT2D eigenvalue weighted by Crippen LogP contribution is -2.25. The summed E-state index contributed by atoms with van der Waals surface area (Å²) in [5, 5.41) is 13.9. The van der Waals surface area contributed by atoms with E-state index in [-0.39, 0.29) is 6.04 Å². The molecule has 0 spiro atoms. The van der Waals surface area contributed by atoms with Crippen molar-refractivity contribution in [3.8, 4) is 16.3 Å². The van der Waals surface area contributed by atoms with Gasteiger partial charge < -0.3 is 15.2 Å². The number of aryl methyl sites for hydroxylation is 1. The van der Waals surface area contributed by atoms with Gasteiger partial charge >= 0.3 is 6.18 Å². The van der Waals surface area contributed by atoms with Gasteiger partial charge in [-0.3, -0.25) is 0 Å². The number of hydrogen-bond acceptors (Lipinski definition) is 7. The van der Waals surface area contributed by atoms with Gasteiger partial charge in [-0.05, 0) is 51.5 Å². The maximum atomic E-state index is 12.7. The summed E-state index contributed by atoms with van der Waals surface area (Å²) in [5.41, 5.74) is 2.34. The number of halogens is 3. The normalized spacial score (nSPS) is 14.8. The number of aromatic nitrogens is 3. The second kappa shape index (κ2) is 9.93. The Morgan fingerprint density at radius 3 is 2.31 bits per heavy atom. The highest BCUT2D eigenvalue weighted by molar-refractivity contribution is 7.14. The van der Waals surface area contributed by atoms with Crippen LogP contribution in [0.25, 0.3) is 10.6 Å². The highest BCUT2D eigenvalue weighted by Gasteiger charge is 2.34. The van der Waals surface area contributed by atoms with Crippen LogP contribution in [0.1, 0.15) is 48.6 Å². The smallest absolute Gasteiger partial charge is 0.451 e. The Kier molecular flexibility index (Phi) is 7.47. The number of rotatable bonds is 8. The third-order valence-electron chi connectivity index (χ3n) is 4.87. The van der Waals surface area contributed by atoms with Crippen molar-refractivity contribution in [3.05, 3.63) is 58.6 Å². The molecule has 0 amide bonds. The number of aliphatic hydroxyl groups is 1. The van der Waals surface area contributed by atoms with Gasteiger partial charge in [-0.15, -0.1) is 11.3 Å². The number of thiazole rings is 1. The van der Waals surface area contributed by atoms with Crippen LogP contribution in [0.5, 0.6) is 5.75 Å². The molecule has 3 atom stereocenters. The molecule has 2 aromatic heterocycles. The topological polar surface area (TPSA) is 80.2 Å². The molecule has 0 saturated heterocycles. The second-order valence-corrected chi connectivity index (χ2v) is 8.88. The Morgan fingerprint density at radius 2 is 1.75 bits per heavy atom. The van der Waals surface area contributed by atoms with Gasteiger partial charge in [-0.1, -0.05) is 0 Å². The molecule has 0 aliphatic rings. The summed E-state index contributed by atoms with van der Waals surface area (Å²) in [6.45, 7) is 7.69. The minimum atomic E-state index is -4.57. The van der Waals surface area contributed by atoms with Crippen LogP contribution >= 0.6 is 11.3 Å². The first-order valence-corrected chi connectivity index (χ1v) is 10.9. The summed E-state index contributed by atoms with van der Waals surface area (Å²) in [7, 11) is 0. The van der Waals surface area contributed by atoms with E-state index in [1.54, 1.807) is 31.4 Å². The summed E-state index contributed by atoms with van der Waals surface area (Å²) >= 11 is 1.56. The monoisotopic (exact) mass is 466 g/mol. The fraction of sp³-hybridized carbons (Fsp3) is 0.409. The van der Waals surface area contributed by atoms with Gasteiger partial charge in [0.1, 0.15) is 16.9 Å². The molecule has 0 aliphatic carbocycles. The van der Waals surface area contributed by atoms with Crippen LogP contribution in [0.4, 0.5) is 13.2 Å². The Labute approximate surface area is 188 Å². The zero-order chi connectivity index (χ0) is 23.5. The Hall–Kier alpha value is -2.56. The first-order valence-electron chi connectivity index (χ1n) is 10.1. The predicted molar refractivity (Wildman–Crippen MR) is 116 cm³/mol. The van der Waals surface area contributed by atoms with Crippen LogP contribution in [-0.4, -0.2) is 32.3 Å². The molecular formula is C22H25F3N4O2S. The van der Waals surface area contributed by atoms with Crippen molar-refractivity contribution >= 4 is 11.3 Å². The molecular weight excluding hydrogens is 441 g/mol. The van der Waals surface area contributed by atoms with E-state index < -0.39 is 24.2 Å². The van der Waals surface area contributed by atoms with Crippen LogP contribution in [-0.2, 0) is 12.7 Å². The molecule has 0 radical (unpaired) electrons. The number of benzene rings is 1. The lowest BCUT2D eigenvalue weighted by Gasteiger charge is -2.19. The standard InChI is InChI=1S/C22H25F3N4O2S/c1-12-8-27-20(32-12)17-5-16(6-19(7-17)31-15(4)14(3)30)9-26-13(2)18-10-28-21(29-11-18)22(23,24)25/h5-8,10-11,13-15,26,30H,9H2,1-4H3/t13-,14?,15?/m1/s1. The molecule has 1 aromatic carbocycles. The van der Waals surface area contributed by atoms with E-state index in [9.17, 15) is 18.3 Å². The quantitative estimate of drug-likeness (QED) is 0.490. The van der Waals surface area contributed by atoms with Crippen LogP contribution in [0.15, 0.2) is 36.8 Å². The lowest BCUT2D eigenvalue weighted by molar-refractivity contribution is -0.145. The van der Waals surface area contributed by atoms with Crippen molar-refractivity contribution in [2.45, 2.75) is 58.7 Å². The number of ether oxygens (including phenoxy) is 1. The minimum Gasteiger partial charge on any atom is -0.488 e. The van der Waals surface area contributed by atoms with E-state index in [1.807, 2.05) is 32.0 Å². The number of nitrogens with zero attached hydrogens (tertiary/aromatic N) is 3. The van der Waals surface area contributed by atoms with E-state index >= 15 is 0 Å². The molecule has 172 valence electrons. The van der Waals surface area contributed by atoms with Gasteiger partial charge in [-0.25, -0.2) is 15.0 Å². The zero-order valence-electron chi connectivity index (χ0n) is 18.1. The molecule has 2 N–H and O–H groups in total. The van der Waals surface area contributed by atoms with Gasteiger partial charge in [0.05, 0.1) is 6.10 Å². The molecule has 32 heavy (non-hydrogen) atoms. The number of alkyl halides is 3. The average molecular weight is 467 g/mol. The fourth-order valence-electron chi connectivity index (χ4n) is 2.85. The molecule has 10 heteroatoms. The molecule has 0 bridgehead atoms. The van der Waals surface area contributed by atoms with E-state index in [0.29, 0.717) is 17.9 Å². The maximum absolute atomic E-state index is 12.7. The van der Waals surface area contributed by atoms with Crippen LogP contribution < -0.4 is 10.1 Å². The van der Waals surface area contributed by atoms with E-state index in [2.05, 4.69) is 20.3 Å². The molecule has 2 heterocycles. The average Bonchev–Trinajstić information content (AvgIpc) is 3.17. The van der Waals surface area contributed by atoms with Crippen LogP contribution in [0, 0.1) is 6.92 Å². The molecule has 0 aliphatic heterocycles. The number of nitrogens with one attached hydrogen (secondary N) is 1. The fourth-order valence-corrected chi connectivity index (χ4v) is 3.60. The molecule has 0 saturated carbocycles. The van der Waals surface area contributed by atoms with Crippen molar-refractivity contribution < 1.29 is 23.0 Å². The van der Waals surface area contributed by atoms with Gasteiger partial charge in [0, 0.05) is 47.2 Å². The van der Waals surface area contributed by atoms with E-state index in [4.69, 9.17) is 4.74 Å². The summed E-state index contributed by atoms with van der Waals surface area (Å²) in [5.74, 6) is -0.556. The summed E-state index contributed by atoms with van der Waals surface area (Å²) < 4.78 is 43.9. The van der Waals surface area contributed by atoms with Crippen molar-refractivity contribution in [3.63, 3.8) is 0 Å². The van der Waals surface area contributed by atoms with Gasteiger partial charge in [0.2, 0.25) is 5.82 Å². The SMILES string of the molecule is Cc1cnc(-c2cc(CN[C@H](C)c3cnc(C(F)(F)F)nc3)cc(OC(C)C(C)O)c2)s1. The summed E-state index contributed by atoms with van der Waals surface area (Å²) in [4.78, 5) is 12.4. The van der Waals surface area contributed by atoms with E-state index in [1.165, 1.54) is 12.4 Å². The molecule has 6 nitrogen and oxygen atoms in total. The first kappa shape index (κ1) is 24.1. The van der Waals surface area contributed by atoms with Crippen molar-refractivity contribution in [1.29, 1.82) is 0 Å². The summed E-state index contributed by atoms with van der Waals surface area (Å²) in [6.07, 6.45) is -1.43. The Morgan fingerprint density at radius 1 is 1.06 bits per heavy atom. The van der Waals surface area contributed by atoms with Crippen molar-refractivity contribution in [2.24, 2.45) is 0 Å². The van der Waals surface area contributed by atoms with Crippen LogP contribution in [0.2, 0.25) is 0 Å². The second-order valence-electron chi connectivity index (χ2n) is 7.65.